The number of carbonyl (C=O) groups excluding carboxylic acids is 1. The van der Waals surface area contributed by atoms with Crippen LogP contribution in [0.15, 0.2) is 41.3 Å². The number of aromatic nitrogens is 1. The minimum Gasteiger partial charge on any atom is -0.302 e. The maximum absolute atomic E-state index is 12.8. The van der Waals surface area contributed by atoms with Gasteiger partial charge in [-0.1, -0.05) is 34.5 Å². The number of hydrogen-bond acceptors (Lipinski definition) is 5. The summed E-state index contributed by atoms with van der Waals surface area (Å²) in [7, 11) is -3.59. The van der Waals surface area contributed by atoms with Crippen molar-refractivity contribution in [2.45, 2.75) is 24.7 Å². The number of carbonyl (C=O) groups is 1. The van der Waals surface area contributed by atoms with Crippen LogP contribution < -0.4 is 5.32 Å². The molecule has 1 amide bonds. The SMILES string of the molecule is Cc1c(Cl)ccc2sc(NC(=O)C3CCN(S(=O)(=O)c4ccc(Cl)cc4)CC3)nc12. The summed E-state index contributed by atoms with van der Waals surface area (Å²) in [6.45, 7) is 2.47. The summed E-state index contributed by atoms with van der Waals surface area (Å²) in [5.41, 5.74) is 1.67. The fourth-order valence-electron chi connectivity index (χ4n) is 3.48. The number of aryl methyl sites for hydroxylation is 1. The van der Waals surface area contributed by atoms with E-state index in [4.69, 9.17) is 23.2 Å². The molecule has 2 aromatic carbocycles. The summed E-state index contributed by atoms with van der Waals surface area (Å²) in [6, 6.07) is 9.82. The molecule has 2 heterocycles. The topological polar surface area (TPSA) is 79.4 Å². The molecule has 0 spiro atoms. The average Bonchev–Trinajstić information content (AvgIpc) is 3.14. The predicted molar refractivity (Wildman–Crippen MR) is 121 cm³/mol. The Kier molecular flexibility index (Phi) is 6.05. The Balaban J connectivity index is 1.41. The number of nitrogens with zero attached hydrogens (tertiary/aromatic N) is 2. The van der Waals surface area contributed by atoms with E-state index in [1.807, 2.05) is 19.1 Å². The van der Waals surface area contributed by atoms with Gasteiger partial charge in [0, 0.05) is 29.1 Å². The number of hydrogen-bond donors (Lipinski definition) is 1. The number of sulfonamides is 1. The predicted octanol–water partition coefficient (Wildman–Crippen LogP) is 4.95. The van der Waals surface area contributed by atoms with Crippen LogP contribution in [0.4, 0.5) is 5.13 Å². The van der Waals surface area contributed by atoms with E-state index in [0.717, 1.165) is 15.8 Å². The Morgan fingerprint density at radius 3 is 2.47 bits per heavy atom. The fraction of sp³-hybridized carbons (Fsp3) is 0.300. The van der Waals surface area contributed by atoms with E-state index >= 15 is 0 Å². The normalized spacial score (nSPS) is 16.1. The lowest BCUT2D eigenvalue weighted by Gasteiger charge is -2.30. The van der Waals surface area contributed by atoms with Gasteiger partial charge in [-0.25, -0.2) is 13.4 Å². The Morgan fingerprint density at radius 2 is 1.80 bits per heavy atom. The van der Waals surface area contributed by atoms with Crippen molar-refractivity contribution >= 4 is 65.8 Å². The highest BCUT2D eigenvalue weighted by atomic mass is 35.5. The number of thiazole rings is 1. The molecule has 3 aromatic rings. The Hall–Kier alpha value is -1.71. The van der Waals surface area contributed by atoms with Gasteiger partial charge >= 0.3 is 0 Å². The number of anilines is 1. The molecule has 30 heavy (non-hydrogen) atoms. The lowest BCUT2D eigenvalue weighted by atomic mass is 9.97. The summed E-state index contributed by atoms with van der Waals surface area (Å²) >= 11 is 13.4. The second kappa shape index (κ2) is 8.43. The van der Waals surface area contributed by atoms with Gasteiger partial charge in [0.05, 0.1) is 15.1 Å². The van der Waals surface area contributed by atoms with Crippen LogP contribution in [0.25, 0.3) is 10.2 Å². The number of amides is 1. The van der Waals surface area contributed by atoms with Crippen molar-refractivity contribution in [1.29, 1.82) is 0 Å². The highest BCUT2D eigenvalue weighted by Gasteiger charge is 2.32. The molecule has 158 valence electrons. The minimum atomic E-state index is -3.59. The Morgan fingerprint density at radius 1 is 1.13 bits per heavy atom. The van der Waals surface area contributed by atoms with E-state index in [1.54, 1.807) is 12.1 Å². The van der Waals surface area contributed by atoms with Gasteiger partial charge in [0.1, 0.15) is 0 Å². The van der Waals surface area contributed by atoms with Crippen LogP contribution in [-0.2, 0) is 14.8 Å². The summed E-state index contributed by atoms with van der Waals surface area (Å²) in [5, 5.41) is 4.53. The lowest BCUT2D eigenvalue weighted by molar-refractivity contribution is -0.120. The van der Waals surface area contributed by atoms with Gasteiger partial charge in [-0.2, -0.15) is 4.31 Å². The van der Waals surface area contributed by atoms with Crippen molar-refractivity contribution in [3.63, 3.8) is 0 Å². The lowest BCUT2D eigenvalue weighted by Crippen LogP contribution is -2.41. The van der Waals surface area contributed by atoms with Crippen molar-refractivity contribution in [3.8, 4) is 0 Å². The summed E-state index contributed by atoms with van der Waals surface area (Å²) < 4.78 is 28.0. The summed E-state index contributed by atoms with van der Waals surface area (Å²) in [6.07, 6.45) is 0.906. The van der Waals surface area contributed by atoms with Crippen molar-refractivity contribution in [2.24, 2.45) is 5.92 Å². The first-order valence-electron chi connectivity index (χ1n) is 9.38. The van der Waals surface area contributed by atoms with E-state index in [1.165, 1.54) is 27.8 Å². The summed E-state index contributed by atoms with van der Waals surface area (Å²) in [4.78, 5) is 17.4. The van der Waals surface area contributed by atoms with Crippen molar-refractivity contribution in [3.05, 3.63) is 52.0 Å². The number of halogens is 2. The quantitative estimate of drug-likeness (QED) is 0.568. The Bertz CT molecular complexity index is 1200. The van der Waals surface area contributed by atoms with Gasteiger partial charge in [-0.05, 0) is 61.7 Å². The van der Waals surface area contributed by atoms with Crippen molar-refractivity contribution < 1.29 is 13.2 Å². The third-order valence-electron chi connectivity index (χ3n) is 5.25. The largest absolute Gasteiger partial charge is 0.302 e. The van der Waals surface area contributed by atoms with E-state index in [9.17, 15) is 13.2 Å². The molecule has 0 bridgehead atoms. The number of piperidine rings is 1. The first-order chi connectivity index (χ1) is 14.3. The smallest absolute Gasteiger partial charge is 0.243 e. The van der Waals surface area contributed by atoms with Crippen LogP contribution in [0.2, 0.25) is 10.0 Å². The monoisotopic (exact) mass is 483 g/mol. The molecule has 1 N–H and O–H groups in total. The van der Waals surface area contributed by atoms with E-state index < -0.39 is 10.0 Å². The van der Waals surface area contributed by atoms with Gasteiger partial charge in [0.2, 0.25) is 15.9 Å². The van der Waals surface area contributed by atoms with E-state index in [2.05, 4.69) is 10.3 Å². The molecule has 1 fully saturated rings. The van der Waals surface area contributed by atoms with Crippen molar-refractivity contribution in [1.82, 2.24) is 9.29 Å². The number of nitrogens with one attached hydrogen (secondary N) is 1. The molecule has 0 atom stereocenters. The standard InChI is InChI=1S/C20H19Cl2N3O3S2/c1-12-16(22)6-7-17-18(12)23-20(29-17)24-19(26)13-8-10-25(11-9-13)30(27,28)15-4-2-14(21)3-5-15/h2-7,13H,8-11H2,1H3,(H,23,24,26). The average molecular weight is 484 g/mol. The molecule has 4 rings (SSSR count). The minimum absolute atomic E-state index is 0.138. The van der Waals surface area contributed by atoms with Gasteiger partial charge in [0.15, 0.2) is 5.13 Å². The van der Waals surface area contributed by atoms with Gasteiger partial charge in [-0.3, -0.25) is 4.79 Å². The number of fused-ring (bicyclic) bond motifs is 1. The van der Waals surface area contributed by atoms with Crippen LogP contribution in [-0.4, -0.2) is 36.7 Å². The molecule has 1 aliphatic rings. The van der Waals surface area contributed by atoms with Crippen LogP contribution in [0.5, 0.6) is 0 Å². The molecule has 1 aromatic heterocycles. The van der Waals surface area contributed by atoms with E-state index in [0.29, 0.717) is 28.0 Å². The molecule has 0 saturated carbocycles. The van der Waals surface area contributed by atoms with E-state index in [-0.39, 0.29) is 29.8 Å². The molecular weight excluding hydrogens is 465 g/mol. The zero-order valence-electron chi connectivity index (χ0n) is 16.1. The van der Waals surface area contributed by atoms with Gasteiger partial charge in [0.25, 0.3) is 0 Å². The molecule has 6 nitrogen and oxygen atoms in total. The molecule has 1 saturated heterocycles. The number of rotatable bonds is 4. The maximum Gasteiger partial charge on any atom is 0.243 e. The fourth-order valence-corrected chi connectivity index (χ4v) is 6.15. The molecule has 0 aliphatic carbocycles. The Labute approximate surface area is 188 Å². The zero-order valence-corrected chi connectivity index (χ0v) is 19.2. The van der Waals surface area contributed by atoms with Crippen LogP contribution in [0.3, 0.4) is 0 Å². The molecule has 10 heteroatoms. The van der Waals surface area contributed by atoms with Gasteiger partial charge < -0.3 is 5.32 Å². The molecule has 0 radical (unpaired) electrons. The van der Waals surface area contributed by atoms with Crippen LogP contribution in [0, 0.1) is 12.8 Å². The van der Waals surface area contributed by atoms with Crippen LogP contribution in [0.1, 0.15) is 18.4 Å². The zero-order chi connectivity index (χ0) is 21.5. The van der Waals surface area contributed by atoms with Gasteiger partial charge in [-0.15, -0.1) is 0 Å². The highest BCUT2D eigenvalue weighted by molar-refractivity contribution is 7.89. The maximum atomic E-state index is 12.8. The third kappa shape index (κ3) is 4.20. The van der Waals surface area contributed by atoms with Crippen molar-refractivity contribution in [2.75, 3.05) is 18.4 Å². The first kappa shape index (κ1) is 21.5. The first-order valence-corrected chi connectivity index (χ1v) is 12.4. The molecular formula is C20H19Cl2N3O3S2. The second-order valence-electron chi connectivity index (χ2n) is 7.16. The third-order valence-corrected chi connectivity index (χ3v) is 8.76. The molecule has 0 unspecified atom stereocenters. The molecule has 1 aliphatic heterocycles. The van der Waals surface area contributed by atoms with Crippen LogP contribution >= 0.6 is 34.5 Å². The number of benzene rings is 2. The highest BCUT2D eigenvalue weighted by Crippen LogP contribution is 2.32. The summed E-state index contributed by atoms with van der Waals surface area (Å²) in [5.74, 6) is -0.403. The second-order valence-corrected chi connectivity index (χ2v) is 11.0.